The van der Waals surface area contributed by atoms with Crippen LogP contribution >= 0.6 is 0 Å². The van der Waals surface area contributed by atoms with Crippen molar-refractivity contribution in [3.63, 3.8) is 0 Å². The highest BCUT2D eigenvalue weighted by Crippen LogP contribution is 2.32. The van der Waals surface area contributed by atoms with Crippen LogP contribution in [0, 0.1) is 12.8 Å². The second kappa shape index (κ2) is 4.69. The van der Waals surface area contributed by atoms with Crippen LogP contribution in [-0.2, 0) is 6.54 Å². The number of nitrogen functional groups attached to an aromatic ring is 1. The van der Waals surface area contributed by atoms with Crippen LogP contribution in [0.15, 0.2) is 6.33 Å². The molecule has 1 aliphatic carbocycles. The van der Waals surface area contributed by atoms with Gasteiger partial charge in [-0.05, 0) is 25.7 Å². The molecule has 3 rings (SSSR count). The fourth-order valence-corrected chi connectivity index (χ4v) is 1.88. The summed E-state index contributed by atoms with van der Waals surface area (Å²) in [7, 11) is 0. The monoisotopic (exact) mass is 233 g/mol. The first-order valence-corrected chi connectivity index (χ1v) is 6.19. The molecule has 2 aromatic heterocycles. The maximum Gasteiger partial charge on any atom is 0.163 e. The second-order valence-corrected chi connectivity index (χ2v) is 4.17. The van der Waals surface area contributed by atoms with Gasteiger partial charge in [0.15, 0.2) is 5.65 Å². The maximum absolute atomic E-state index is 5.81. The third-order valence-electron chi connectivity index (χ3n) is 2.86. The molecule has 0 amide bonds. The van der Waals surface area contributed by atoms with E-state index < -0.39 is 0 Å². The van der Waals surface area contributed by atoms with Gasteiger partial charge < -0.3 is 5.73 Å². The van der Waals surface area contributed by atoms with Crippen molar-refractivity contribution in [2.24, 2.45) is 5.92 Å². The van der Waals surface area contributed by atoms with Crippen molar-refractivity contribution in [2.45, 2.75) is 40.2 Å². The Balaban J connectivity index is 0.000000514. The minimum Gasteiger partial charge on any atom is -0.383 e. The van der Waals surface area contributed by atoms with Crippen molar-refractivity contribution in [1.29, 1.82) is 0 Å². The normalized spacial score (nSPS) is 14.5. The van der Waals surface area contributed by atoms with E-state index in [1.807, 2.05) is 25.5 Å². The maximum atomic E-state index is 5.81. The fourth-order valence-electron chi connectivity index (χ4n) is 1.88. The number of nitrogens with two attached hydrogens (primary N) is 1. The molecule has 0 atom stereocenters. The van der Waals surface area contributed by atoms with E-state index in [9.17, 15) is 0 Å². The van der Waals surface area contributed by atoms with Crippen molar-refractivity contribution < 1.29 is 0 Å². The Morgan fingerprint density at radius 3 is 2.71 bits per heavy atom. The summed E-state index contributed by atoms with van der Waals surface area (Å²) >= 11 is 0. The average Bonchev–Trinajstić information content (AvgIpc) is 3.08. The smallest absolute Gasteiger partial charge is 0.163 e. The summed E-state index contributed by atoms with van der Waals surface area (Å²) in [6.07, 6.45) is 4.12. The quantitative estimate of drug-likeness (QED) is 0.862. The summed E-state index contributed by atoms with van der Waals surface area (Å²) < 4.78 is 1.96. The predicted molar refractivity (Wildman–Crippen MR) is 68.5 cm³/mol. The number of aromatic nitrogens is 4. The lowest BCUT2D eigenvalue weighted by molar-refractivity contribution is 0.572. The van der Waals surface area contributed by atoms with Crippen LogP contribution < -0.4 is 5.73 Å². The largest absolute Gasteiger partial charge is 0.383 e. The number of hydrogen-bond donors (Lipinski definition) is 1. The van der Waals surface area contributed by atoms with Crippen LogP contribution in [0.25, 0.3) is 11.0 Å². The first-order valence-electron chi connectivity index (χ1n) is 6.19. The molecule has 5 nitrogen and oxygen atoms in total. The zero-order valence-electron chi connectivity index (χ0n) is 10.6. The molecule has 0 saturated heterocycles. The number of aryl methyl sites for hydroxylation is 1. The SMILES string of the molecule is CC.Cc1nn(CC2CC2)c2ncnc(N)c12. The van der Waals surface area contributed by atoms with E-state index in [0.717, 1.165) is 29.2 Å². The van der Waals surface area contributed by atoms with Crippen molar-refractivity contribution in [3.8, 4) is 0 Å². The van der Waals surface area contributed by atoms with E-state index in [0.29, 0.717) is 5.82 Å². The Kier molecular flexibility index (Phi) is 3.26. The predicted octanol–water partition coefficient (Wildman–Crippen LogP) is 2.15. The summed E-state index contributed by atoms with van der Waals surface area (Å²) in [4.78, 5) is 8.24. The summed E-state index contributed by atoms with van der Waals surface area (Å²) in [6, 6.07) is 0. The van der Waals surface area contributed by atoms with E-state index in [1.165, 1.54) is 19.2 Å². The van der Waals surface area contributed by atoms with Crippen molar-refractivity contribution in [2.75, 3.05) is 5.73 Å². The molecular weight excluding hydrogens is 214 g/mol. The zero-order chi connectivity index (χ0) is 12.4. The lowest BCUT2D eigenvalue weighted by Gasteiger charge is -2.00. The minimum atomic E-state index is 0.527. The first kappa shape index (κ1) is 11.8. The van der Waals surface area contributed by atoms with Gasteiger partial charge in [-0.25, -0.2) is 14.6 Å². The molecule has 1 saturated carbocycles. The molecular formula is C12H19N5. The van der Waals surface area contributed by atoms with E-state index in [4.69, 9.17) is 5.73 Å². The van der Waals surface area contributed by atoms with E-state index >= 15 is 0 Å². The van der Waals surface area contributed by atoms with Gasteiger partial charge in [0, 0.05) is 6.54 Å². The highest BCUT2D eigenvalue weighted by molar-refractivity contribution is 5.87. The van der Waals surface area contributed by atoms with Crippen LogP contribution in [-0.4, -0.2) is 19.7 Å². The summed E-state index contributed by atoms with van der Waals surface area (Å²) in [5.41, 5.74) is 7.60. The van der Waals surface area contributed by atoms with Gasteiger partial charge in [0.05, 0.1) is 11.1 Å². The lowest BCUT2D eigenvalue weighted by Crippen LogP contribution is -2.03. The van der Waals surface area contributed by atoms with E-state index in [-0.39, 0.29) is 0 Å². The third kappa shape index (κ3) is 2.23. The lowest BCUT2D eigenvalue weighted by atomic mass is 10.3. The molecule has 0 bridgehead atoms. The van der Waals surface area contributed by atoms with Crippen LogP contribution in [0.1, 0.15) is 32.4 Å². The Hall–Kier alpha value is -1.65. The fraction of sp³-hybridized carbons (Fsp3) is 0.583. The Morgan fingerprint density at radius 1 is 1.35 bits per heavy atom. The molecule has 1 fully saturated rings. The van der Waals surface area contributed by atoms with Gasteiger partial charge in [0.25, 0.3) is 0 Å². The van der Waals surface area contributed by atoms with Crippen LogP contribution in [0.3, 0.4) is 0 Å². The summed E-state index contributed by atoms with van der Waals surface area (Å²) in [5, 5.41) is 5.37. The summed E-state index contributed by atoms with van der Waals surface area (Å²) in [6.45, 7) is 6.91. The molecule has 2 N–H and O–H groups in total. The van der Waals surface area contributed by atoms with Gasteiger partial charge >= 0.3 is 0 Å². The highest BCUT2D eigenvalue weighted by Gasteiger charge is 2.24. The number of anilines is 1. The Bertz CT molecular complexity index is 513. The van der Waals surface area contributed by atoms with Crippen LogP contribution in [0.2, 0.25) is 0 Å². The molecule has 0 unspecified atom stereocenters. The number of hydrogen-bond acceptors (Lipinski definition) is 4. The topological polar surface area (TPSA) is 69.6 Å². The highest BCUT2D eigenvalue weighted by atomic mass is 15.3. The molecule has 92 valence electrons. The number of nitrogens with zero attached hydrogens (tertiary/aromatic N) is 4. The molecule has 1 aliphatic rings. The minimum absolute atomic E-state index is 0.527. The third-order valence-corrected chi connectivity index (χ3v) is 2.86. The molecule has 2 aromatic rings. The molecule has 0 spiro atoms. The van der Waals surface area contributed by atoms with Crippen molar-refractivity contribution >= 4 is 16.9 Å². The average molecular weight is 233 g/mol. The molecule has 5 heteroatoms. The van der Waals surface area contributed by atoms with Crippen molar-refractivity contribution in [1.82, 2.24) is 19.7 Å². The molecule has 2 heterocycles. The number of fused-ring (bicyclic) bond motifs is 1. The zero-order valence-corrected chi connectivity index (χ0v) is 10.6. The van der Waals surface area contributed by atoms with Gasteiger partial charge in [-0.1, -0.05) is 13.8 Å². The Labute approximate surface area is 101 Å². The van der Waals surface area contributed by atoms with Gasteiger partial charge in [-0.2, -0.15) is 5.10 Å². The first-order chi connectivity index (χ1) is 8.25. The molecule has 0 aromatic carbocycles. The molecule has 17 heavy (non-hydrogen) atoms. The van der Waals surface area contributed by atoms with Gasteiger partial charge in [-0.3, -0.25) is 0 Å². The van der Waals surface area contributed by atoms with Gasteiger partial charge in [0.2, 0.25) is 0 Å². The van der Waals surface area contributed by atoms with E-state index in [1.54, 1.807) is 0 Å². The van der Waals surface area contributed by atoms with Crippen molar-refractivity contribution in [3.05, 3.63) is 12.0 Å². The van der Waals surface area contributed by atoms with Gasteiger partial charge in [0.1, 0.15) is 12.1 Å². The summed E-state index contributed by atoms with van der Waals surface area (Å²) in [5.74, 6) is 1.31. The second-order valence-electron chi connectivity index (χ2n) is 4.17. The van der Waals surface area contributed by atoms with E-state index in [2.05, 4.69) is 15.1 Å². The Morgan fingerprint density at radius 2 is 2.06 bits per heavy atom. The van der Waals surface area contributed by atoms with Crippen LogP contribution in [0.4, 0.5) is 5.82 Å². The van der Waals surface area contributed by atoms with Gasteiger partial charge in [-0.15, -0.1) is 0 Å². The standard InChI is InChI=1S/C10H13N5.C2H6/c1-6-8-9(11)12-5-13-10(8)15(14-6)4-7-2-3-7;1-2/h5,7H,2-4H2,1H3,(H2,11,12,13);1-2H3. The van der Waals surface area contributed by atoms with Crippen LogP contribution in [0.5, 0.6) is 0 Å². The molecule has 0 aliphatic heterocycles. The molecule has 0 radical (unpaired) electrons. The number of rotatable bonds is 2.